The first kappa shape index (κ1) is 18.4. The topological polar surface area (TPSA) is 59.1 Å². The summed E-state index contributed by atoms with van der Waals surface area (Å²) in [6, 6.07) is 8.19. The normalized spacial score (nSPS) is 26.8. The minimum Gasteiger partial charge on any atom is -0.348 e. The Bertz CT molecular complexity index is 684. The second-order valence-electron chi connectivity index (χ2n) is 7.87. The third kappa shape index (κ3) is 4.01. The molecule has 0 spiro atoms. The number of hydrogen-bond acceptors (Lipinski definition) is 4. The molecule has 3 fully saturated rings. The summed E-state index contributed by atoms with van der Waals surface area (Å²) in [7, 11) is 0. The molecule has 3 heterocycles. The molecule has 6 heteroatoms. The van der Waals surface area contributed by atoms with Gasteiger partial charge in [-0.1, -0.05) is 29.8 Å². The number of nitrogens with zero attached hydrogens (tertiary/aromatic N) is 2. The van der Waals surface area contributed by atoms with E-state index in [9.17, 15) is 9.59 Å². The van der Waals surface area contributed by atoms with E-state index in [4.69, 9.17) is 9.47 Å². The summed E-state index contributed by atoms with van der Waals surface area (Å²) >= 11 is 0. The fraction of sp³-hybridized carbons (Fsp3) is 0.619. The molecule has 27 heavy (non-hydrogen) atoms. The van der Waals surface area contributed by atoms with Crippen molar-refractivity contribution in [2.75, 3.05) is 26.3 Å². The predicted octanol–water partition coefficient (Wildman–Crippen LogP) is 2.10. The Morgan fingerprint density at radius 3 is 2.63 bits per heavy atom. The van der Waals surface area contributed by atoms with Gasteiger partial charge in [-0.05, 0) is 31.7 Å². The number of rotatable bonds is 4. The molecule has 2 unspecified atom stereocenters. The maximum absolute atomic E-state index is 13.2. The number of hydrogen-bond donors (Lipinski definition) is 0. The van der Waals surface area contributed by atoms with Gasteiger partial charge in [0.2, 0.25) is 11.8 Å². The number of piperidine rings is 1. The monoisotopic (exact) mass is 372 g/mol. The van der Waals surface area contributed by atoms with Crippen LogP contribution >= 0.6 is 0 Å². The summed E-state index contributed by atoms with van der Waals surface area (Å²) in [4.78, 5) is 29.4. The first-order valence-corrected chi connectivity index (χ1v) is 9.99. The van der Waals surface area contributed by atoms with Gasteiger partial charge in [0, 0.05) is 26.1 Å². The molecule has 0 bridgehead atoms. The van der Waals surface area contributed by atoms with Crippen LogP contribution in [0.2, 0.25) is 0 Å². The quantitative estimate of drug-likeness (QED) is 0.812. The molecular weight excluding hydrogens is 344 g/mol. The molecule has 0 radical (unpaired) electrons. The molecule has 0 aliphatic carbocycles. The van der Waals surface area contributed by atoms with E-state index in [0.717, 1.165) is 31.4 Å². The highest BCUT2D eigenvalue weighted by molar-refractivity contribution is 5.89. The Balaban J connectivity index is 1.41. The summed E-state index contributed by atoms with van der Waals surface area (Å²) < 4.78 is 11.3. The zero-order valence-electron chi connectivity index (χ0n) is 15.9. The molecule has 3 aliphatic rings. The first-order chi connectivity index (χ1) is 13.1. The van der Waals surface area contributed by atoms with Crippen molar-refractivity contribution in [2.24, 2.45) is 5.92 Å². The molecule has 3 aliphatic heterocycles. The maximum atomic E-state index is 13.2. The lowest BCUT2D eigenvalue weighted by atomic mass is 9.98. The fourth-order valence-electron chi connectivity index (χ4n) is 4.35. The summed E-state index contributed by atoms with van der Waals surface area (Å²) in [5.41, 5.74) is 2.30. The van der Waals surface area contributed by atoms with E-state index in [0.29, 0.717) is 32.7 Å². The molecule has 2 amide bonds. The Hall–Kier alpha value is -1.92. The van der Waals surface area contributed by atoms with Crippen LogP contribution in [-0.2, 0) is 25.6 Å². The average molecular weight is 372 g/mol. The van der Waals surface area contributed by atoms with E-state index >= 15 is 0 Å². The van der Waals surface area contributed by atoms with Gasteiger partial charge in [0.15, 0.2) is 6.29 Å². The van der Waals surface area contributed by atoms with Crippen LogP contribution in [0.15, 0.2) is 24.3 Å². The number of benzene rings is 1. The standard InChI is InChI=1S/C21H28N2O4/c1-15-5-7-16(8-6-15)13-22-14-17(12-19(22)24)20(25)23-9-3-2-4-18(23)21-26-10-11-27-21/h5-8,17-18,21H,2-4,9-14H2,1H3. The highest BCUT2D eigenvalue weighted by Gasteiger charge is 2.42. The Kier molecular flexibility index (Phi) is 5.45. The number of carbonyl (C=O) groups is 2. The van der Waals surface area contributed by atoms with Crippen molar-refractivity contribution in [1.29, 1.82) is 0 Å². The Morgan fingerprint density at radius 1 is 1.15 bits per heavy atom. The summed E-state index contributed by atoms with van der Waals surface area (Å²) in [5, 5.41) is 0. The van der Waals surface area contributed by atoms with Crippen molar-refractivity contribution in [3.8, 4) is 0 Å². The highest BCUT2D eigenvalue weighted by Crippen LogP contribution is 2.29. The summed E-state index contributed by atoms with van der Waals surface area (Å²) in [6.07, 6.45) is 2.99. The molecular formula is C21H28N2O4. The lowest BCUT2D eigenvalue weighted by Crippen LogP contribution is -2.52. The second kappa shape index (κ2) is 7.98. The molecule has 6 nitrogen and oxygen atoms in total. The van der Waals surface area contributed by atoms with Crippen LogP contribution < -0.4 is 0 Å². The summed E-state index contributed by atoms with van der Waals surface area (Å²) in [6.45, 7) is 5.04. The number of likely N-dealkylation sites (tertiary alicyclic amines) is 2. The van der Waals surface area contributed by atoms with Crippen molar-refractivity contribution in [3.05, 3.63) is 35.4 Å². The van der Waals surface area contributed by atoms with Crippen molar-refractivity contribution in [2.45, 2.75) is 51.5 Å². The van der Waals surface area contributed by atoms with Crippen molar-refractivity contribution in [1.82, 2.24) is 9.80 Å². The van der Waals surface area contributed by atoms with E-state index in [1.807, 2.05) is 28.9 Å². The van der Waals surface area contributed by atoms with Crippen LogP contribution in [0.4, 0.5) is 0 Å². The van der Waals surface area contributed by atoms with Crippen LogP contribution in [0.3, 0.4) is 0 Å². The van der Waals surface area contributed by atoms with Gasteiger partial charge in [0.25, 0.3) is 0 Å². The Labute approximate surface area is 160 Å². The summed E-state index contributed by atoms with van der Waals surface area (Å²) in [5.74, 6) is -0.112. The van der Waals surface area contributed by atoms with Gasteiger partial charge in [-0.3, -0.25) is 9.59 Å². The van der Waals surface area contributed by atoms with Crippen LogP contribution in [0.1, 0.15) is 36.8 Å². The molecule has 1 aromatic rings. The van der Waals surface area contributed by atoms with E-state index in [2.05, 4.69) is 12.1 Å². The van der Waals surface area contributed by atoms with E-state index in [-0.39, 0.29) is 30.1 Å². The van der Waals surface area contributed by atoms with Crippen LogP contribution in [0, 0.1) is 12.8 Å². The first-order valence-electron chi connectivity index (χ1n) is 9.99. The number of ether oxygens (including phenoxy) is 2. The predicted molar refractivity (Wildman–Crippen MR) is 99.7 cm³/mol. The third-order valence-corrected chi connectivity index (χ3v) is 5.85. The lowest BCUT2D eigenvalue weighted by Gasteiger charge is -2.39. The average Bonchev–Trinajstić information content (AvgIpc) is 3.34. The van der Waals surface area contributed by atoms with Crippen LogP contribution in [0.5, 0.6) is 0 Å². The molecule has 3 saturated heterocycles. The van der Waals surface area contributed by atoms with Gasteiger partial charge in [-0.2, -0.15) is 0 Å². The van der Waals surface area contributed by atoms with Crippen molar-refractivity contribution in [3.63, 3.8) is 0 Å². The zero-order valence-corrected chi connectivity index (χ0v) is 15.9. The van der Waals surface area contributed by atoms with Gasteiger partial charge in [-0.25, -0.2) is 0 Å². The molecule has 1 aromatic carbocycles. The molecule has 2 atom stereocenters. The van der Waals surface area contributed by atoms with Gasteiger partial charge in [-0.15, -0.1) is 0 Å². The minimum atomic E-state index is -0.310. The maximum Gasteiger partial charge on any atom is 0.228 e. The Morgan fingerprint density at radius 2 is 1.89 bits per heavy atom. The van der Waals surface area contributed by atoms with Crippen molar-refractivity contribution >= 4 is 11.8 Å². The zero-order chi connectivity index (χ0) is 18.8. The number of aryl methyl sites for hydroxylation is 1. The smallest absolute Gasteiger partial charge is 0.228 e. The van der Waals surface area contributed by atoms with Gasteiger partial charge in [0.1, 0.15) is 0 Å². The largest absolute Gasteiger partial charge is 0.348 e. The third-order valence-electron chi connectivity index (χ3n) is 5.85. The molecule has 0 saturated carbocycles. The van der Waals surface area contributed by atoms with Crippen LogP contribution in [0.25, 0.3) is 0 Å². The van der Waals surface area contributed by atoms with E-state index < -0.39 is 0 Å². The number of amides is 2. The minimum absolute atomic E-state index is 0.0185. The fourth-order valence-corrected chi connectivity index (χ4v) is 4.35. The van der Waals surface area contributed by atoms with Gasteiger partial charge < -0.3 is 19.3 Å². The van der Waals surface area contributed by atoms with Crippen molar-refractivity contribution < 1.29 is 19.1 Å². The number of carbonyl (C=O) groups excluding carboxylic acids is 2. The molecule has 0 aromatic heterocycles. The highest BCUT2D eigenvalue weighted by atomic mass is 16.7. The van der Waals surface area contributed by atoms with Gasteiger partial charge >= 0.3 is 0 Å². The lowest BCUT2D eigenvalue weighted by molar-refractivity contribution is -0.154. The molecule has 0 N–H and O–H groups in total. The second-order valence-corrected chi connectivity index (χ2v) is 7.87. The van der Waals surface area contributed by atoms with Gasteiger partial charge in [0.05, 0.1) is 25.2 Å². The van der Waals surface area contributed by atoms with E-state index in [1.165, 1.54) is 5.56 Å². The molecule has 4 rings (SSSR count). The van der Waals surface area contributed by atoms with Crippen LogP contribution in [-0.4, -0.2) is 60.2 Å². The SMILES string of the molecule is Cc1ccc(CN2CC(C(=O)N3CCCCC3C3OCCO3)CC2=O)cc1. The van der Waals surface area contributed by atoms with E-state index in [1.54, 1.807) is 0 Å². The molecule has 146 valence electrons.